The Labute approximate surface area is 79.2 Å². The van der Waals surface area contributed by atoms with Crippen LogP contribution in [0.2, 0.25) is 0 Å². The summed E-state index contributed by atoms with van der Waals surface area (Å²) in [5, 5.41) is 1.00. The van der Waals surface area contributed by atoms with Gasteiger partial charge in [0, 0.05) is 5.33 Å². The fourth-order valence-electron chi connectivity index (χ4n) is 1.39. The molecule has 11 heavy (non-hydrogen) atoms. The number of halogens is 1. The van der Waals surface area contributed by atoms with Gasteiger partial charge in [-0.2, -0.15) is 0 Å². The topological polar surface area (TPSA) is 0 Å². The molecule has 1 atom stereocenters. The first-order chi connectivity index (χ1) is 4.83. The molecular weight excluding hydrogens is 200 g/mol. The van der Waals surface area contributed by atoms with Gasteiger partial charge in [0.25, 0.3) is 0 Å². The molecule has 0 aromatic rings. The van der Waals surface area contributed by atoms with Gasteiger partial charge in [-0.05, 0) is 17.3 Å². The van der Waals surface area contributed by atoms with Gasteiger partial charge in [0.1, 0.15) is 0 Å². The van der Waals surface area contributed by atoms with Gasteiger partial charge in [0.05, 0.1) is 0 Å². The van der Waals surface area contributed by atoms with Crippen LogP contribution in [0.1, 0.15) is 34.1 Å². The van der Waals surface area contributed by atoms with Crippen LogP contribution in [-0.4, -0.2) is 5.33 Å². The van der Waals surface area contributed by atoms with Crippen molar-refractivity contribution in [2.24, 2.45) is 10.8 Å². The fraction of sp³-hybridized carbons (Fsp3) is 0.800. The Morgan fingerprint density at radius 1 is 1.27 bits per heavy atom. The summed E-state index contributed by atoms with van der Waals surface area (Å²) in [5.41, 5.74) is 0.634. The zero-order valence-electron chi connectivity index (χ0n) is 8.08. The van der Waals surface area contributed by atoms with Gasteiger partial charge in [-0.25, -0.2) is 0 Å². The van der Waals surface area contributed by atoms with Crippen molar-refractivity contribution in [1.82, 2.24) is 0 Å². The highest BCUT2D eigenvalue weighted by Crippen LogP contribution is 2.35. The van der Waals surface area contributed by atoms with Crippen LogP contribution in [0.3, 0.4) is 0 Å². The standard InChI is InChI=1S/C10H19Br/c1-6-10(5,8-11)7-9(2,3)4/h6H,1,7-8H2,2-5H3. The molecule has 66 valence electrons. The first-order valence-corrected chi connectivity index (χ1v) is 5.15. The molecule has 0 nitrogen and oxygen atoms in total. The number of rotatable bonds is 3. The minimum absolute atomic E-state index is 0.248. The van der Waals surface area contributed by atoms with E-state index in [-0.39, 0.29) is 5.41 Å². The zero-order chi connectivity index (χ0) is 9.12. The van der Waals surface area contributed by atoms with Crippen molar-refractivity contribution in [3.05, 3.63) is 12.7 Å². The Bertz CT molecular complexity index is 132. The molecule has 0 aromatic carbocycles. The molecule has 0 N–H and O–H groups in total. The average Bonchev–Trinajstić information content (AvgIpc) is 1.84. The molecule has 0 saturated heterocycles. The van der Waals surface area contributed by atoms with Crippen LogP contribution in [0.4, 0.5) is 0 Å². The molecule has 0 spiro atoms. The normalized spacial score (nSPS) is 17.5. The lowest BCUT2D eigenvalue weighted by Crippen LogP contribution is -2.22. The summed E-state index contributed by atoms with van der Waals surface area (Å²) in [4.78, 5) is 0. The van der Waals surface area contributed by atoms with Gasteiger partial charge >= 0.3 is 0 Å². The lowest BCUT2D eigenvalue weighted by atomic mass is 9.76. The van der Waals surface area contributed by atoms with E-state index in [9.17, 15) is 0 Å². The van der Waals surface area contributed by atoms with Crippen molar-refractivity contribution >= 4 is 15.9 Å². The van der Waals surface area contributed by atoms with Crippen LogP contribution in [0, 0.1) is 10.8 Å². The molecule has 0 aliphatic carbocycles. The first-order valence-electron chi connectivity index (χ1n) is 4.02. The van der Waals surface area contributed by atoms with E-state index < -0.39 is 0 Å². The van der Waals surface area contributed by atoms with Gasteiger partial charge in [0.2, 0.25) is 0 Å². The highest BCUT2D eigenvalue weighted by atomic mass is 79.9. The number of hydrogen-bond donors (Lipinski definition) is 0. The van der Waals surface area contributed by atoms with Crippen LogP contribution in [0.5, 0.6) is 0 Å². The molecule has 0 aliphatic heterocycles. The van der Waals surface area contributed by atoms with Gasteiger partial charge in [-0.1, -0.05) is 49.7 Å². The summed E-state index contributed by atoms with van der Waals surface area (Å²) in [5.74, 6) is 0. The molecule has 0 radical (unpaired) electrons. The van der Waals surface area contributed by atoms with Crippen molar-refractivity contribution in [3.8, 4) is 0 Å². The highest BCUT2D eigenvalue weighted by molar-refractivity contribution is 9.09. The van der Waals surface area contributed by atoms with E-state index in [0.717, 1.165) is 5.33 Å². The molecule has 0 rings (SSSR count). The Kier molecular flexibility index (Phi) is 3.83. The summed E-state index contributed by atoms with van der Waals surface area (Å²) in [6.07, 6.45) is 3.22. The summed E-state index contributed by atoms with van der Waals surface area (Å²) < 4.78 is 0. The molecule has 1 unspecified atom stereocenters. The van der Waals surface area contributed by atoms with Crippen LogP contribution in [0.15, 0.2) is 12.7 Å². The van der Waals surface area contributed by atoms with Gasteiger partial charge in [-0.15, -0.1) is 6.58 Å². The van der Waals surface area contributed by atoms with E-state index >= 15 is 0 Å². The minimum atomic E-state index is 0.248. The van der Waals surface area contributed by atoms with E-state index in [2.05, 4.69) is 50.2 Å². The Balaban J connectivity index is 4.19. The maximum absolute atomic E-state index is 3.86. The second kappa shape index (κ2) is 3.75. The van der Waals surface area contributed by atoms with Crippen LogP contribution >= 0.6 is 15.9 Å². The summed E-state index contributed by atoms with van der Waals surface area (Å²) in [6.45, 7) is 12.9. The average molecular weight is 219 g/mol. The van der Waals surface area contributed by atoms with E-state index in [4.69, 9.17) is 0 Å². The summed E-state index contributed by atoms with van der Waals surface area (Å²) in [7, 11) is 0. The SMILES string of the molecule is C=CC(C)(CBr)CC(C)(C)C. The molecule has 0 aromatic heterocycles. The van der Waals surface area contributed by atoms with Crippen LogP contribution in [-0.2, 0) is 0 Å². The molecule has 0 saturated carbocycles. The Hall–Kier alpha value is 0.220. The molecule has 0 aliphatic rings. The molecule has 0 fully saturated rings. The smallest absolute Gasteiger partial charge is 0.0120 e. The Morgan fingerprint density at radius 3 is 1.82 bits per heavy atom. The number of allylic oxidation sites excluding steroid dienone is 1. The molecule has 0 amide bonds. The van der Waals surface area contributed by atoms with Gasteiger partial charge in [0.15, 0.2) is 0 Å². The molecule has 0 heterocycles. The van der Waals surface area contributed by atoms with Gasteiger partial charge in [-0.3, -0.25) is 0 Å². The second-order valence-corrected chi connectivity index (χ2v) is 5.29. The third-order valence-electron chi connectivity index (χ3n) is 1.73. The van der Waals surface area contributed by atoms with Crippen molar-refractivity contribution in [2.45, 2.75) is 34.1 Å². The largest absolute Gasteiger partial charge is 0.103 e. The number of alkyl halides is 1. The zero-order valence-corrected chi connectivity index (χ0v) is 9.66. The number of hydrogen-bond acceptors (Lipinski definition) is 0. The summed E-state index contributed by atoms with van der Waals surface area (Å²) in [6, 6.07) is 0. The third kappa shape index (κ3) is 4.62. The van der Waals surface area contributed by atoms with Crippen molar-refractivity contribution in [3.63, 3.8) is 0 Å². The van der Waals surface area contributed by atoms with E-state index in [1.807, 2.05) is 6.08 Å². The van der Waals surface area contributed by atoms with Gasteiger partial charge < -0.3 is 0 Å². The second-order valence-electron chi connectivity index (χ2n) is 4.73. The summed E-state index contributed by atoms with van der Waals surface area (Å²) >= 11 is 3.51. The van der Waals surface area contributed by atoms with Crippen molar-refractivity contribution in [1.29, 1.82) is 0 Å². The fourth-order valence-corrected chi connectivity index (χ4v) is 1.81. The van der Waals surface area contributed by atoms with E-state index in [1.54, 1.807) is 0 Å². The lowest BCUT2D eigenvalue weighted by molar-refractivity contribution is 0.268. The predicted molar refractivity (Wildman–Crippen MR) is 56.2 cm³/mol. The van der Waals surface area contributed by atoms with Crippen molar-refractivity contribution in [2.75, 3.05) is 5.33 Å². The van der Waals surface area contributed by atoms with E-state index in [0.29, 0.717) is 5.41 Å². The van der Waals surface area contributed by atoms with Crippen LogP contribution in [0.25, 0.3) is 0 Å². The minimum Gasteiger partial charge on any atom is -0.103 e. The monoisotopic (exact) mass is 218 g/mol. The molecular formula is C10H19Br. The maximum Gasteiger partial charge on any atom is 0.0120 e. The quantitative estimate of drug-likeness (QED) is 0.497. The molecule has 0 bridgehead atoms. The predicted octanol–water partition coefficient (Wildman–Crippen LogP) is 4.01. The van der Waals surface area contributed by atoms with Crippen molar-refractivity contribution < 1.29 is 0 Å². The highest BCUT2D eigenvalue weighted by Gasteiger charge is 2.25. The Morgan fingerprint density at radius 2 is 1.73 bits per heavy atom. The first kappa shape index (κ1) is 11.2. The molecule has 1 heteroatoms. The maximum atomic E-state index is 3.86. The lowest BCUT2D eigenvalue weighted by Gasteiger charge is -2.31. The van der Waals surface area contributed by atoms with Crippen LogP contribution < -0.4 is 0 Å². The van der Waals surface area contributed by atoms with E-state index in [1.165, 1.54) is 6.42 Å². The third-order valence-corrected chi connectivity index (χ3v) is 3.01.